The fraction of sp³-hybridized carbons (Fsp3) is 0.242. The normalized spacial score (nSPS) is 19.6. The summed E-state index contributed by atoms with van der Waals surface area (Å²) in [5.41, 5.74) is 9.53. The van der Waals surface area contributed by atoms with Crippen LogP contribution in [0.25, 0.3) is 16.3 Å². The monoisotopic (exact) mass is 521 g/mol. The summed E-state index contributed by atoms with van der Waals surface area (Å²) in [7, 11) is 2.19. The minimum atomic E-state index is 0.484. The number of rotatable bonds is 4. The molecule has 0 saturated heterocycles. The highest BCUT2D eigenvalue weighted by molar-refractivity contribution is 8.03. The van der Waals surface area contributed by atoms with Gasteiger partial charge < -0.3 is 4.90 Å². The number of aryl methyl sites for hydroxylation is 3. The highest BCUT2D eigenvalue weighted by Crippen LogP contribution is 2.47. The predicted octanol–water partition coefficient (Wildman–Crippen LogP) is 8.70. The Hall–Kier alpha value is -3.08. The molecule has 2 nitrogen and oxygen atoms in total. The van der Waals surface area contributed by atoms with Gasteiger partial charge in [0.25, 0.3) is 5.01 Å². The minimum absolute atomic E-state index is 0.484. The van der Waals surface area contributed by atoms with Crippen molar-refractivity contribution in [1.29, 1.82) is 0 Å². The molecule has 1 aliphatic carbocycles. The summed E-state index contributed by atoms with van der Waals surface area (Å²) in [5.74, 6) is 0.484. The van der Waals surface area contributed by atoms with E-state index in [1.807, 2.05) is 23.1 Å². The topological polar surface area (TPSA) is 7.12 Å². The molecule has 3 aromatic carbocycles. The first-order valence-electron chi connectivity index (χ1n) is 13.1. The standard InChI is InChI=1S/C33H33N2S2/c1-5-35-29-14-12-23(3)16-31(29)37-33(35)21-25-17-24(18-27(19-25)26-9-7-6-8-10-26)20-32-34(4)28-13-11-22(2)15-30(28)36-32/h6-17,20-21,27H,5,18-19H2,1-4H3/q+1. The second-order valence-electron chi connectivity index (χ2n) is 10.2. The molecule has 0 N–H and O–H groups in total. The van der Waals surface area contributed by atoms with E-state index < -0.39 is 0 Å². The second-order valence-corrected chi connectivity index (χ2v) is 12.3. The Morgan fingerprint density at radius 2 is 1.73 bits per heavy atom. The summed E-state index contributed by atoms with van der Waals surface area (Å²) in [6.45, 7) is 7.58. The van der Waals surface area contributed by atoms with Crippen LogP contribution in [0.4, 0.5) is 5.69 Å². The van der Waals surface area contributed by atoms with Gasteiger partial charge in [-0.2, -0.15) is 4.57 Å². The molecular weight excluding hydrogens is 489 g/mol. The van der Waals surface area contributed by atoms with Crippen molar-refractivity contribution in [2.45, 2.75) is 44.4 Å². The van der Waals surface area contributed by atoms with Crippen LogP contribution in [0, 0.1) is 13.8 Å². The molecule has 2 heterocycles. The number of benzene rings is 3. The van der Waals surface area contributed by atoms with E-state index in [1.54, 1.807) is 0 Å². The molecule has 0 spiro atoms. The third-order valence-corrected chi connectivity index (χ3v) is 9.69. The van der Waals surface area contributed by atoms with Gasteiger partial charge in [-0.1, -0.05) is 71.6 Å². The van der Waals surface area contributed by atoms with Crippen LogP contribution in [0.1, 0.15) is 47.4 Å². The number of anilines is 1. The van der Waals surface area contributed by atoms with Crippen molar-refractivity contribution >= 4 is 45.1 Å². The van der Waals surface area contributed by atoms with Gasteiger partial charge in [0.2, 0.25) is 5.52 Å². The molecule has 0 fully saturated rings. The number of hydrogen-bond donors (Lipinski definition) is 0. The number of nitrogens with zero attached hydrogens (tertiary/aromatic N) is 2. The van der Waals surface area contributed by atoms with Crippen molar-refractivity contribution in [3.8, 4) is 0 Å². The third-order valence-electron chi connectivity index (χ3n) is 7.45. The number of thioether (sulfide) groups is 1. The maximum Gasteiger partial charge on any atom is 0.262 e. The van der Waals surface area contributed by atoms with Crippen molar-refractivity contribution < 1.29 is 4.57 Å². The lowest BCUT2D eigenvalue weighted by Crippen LogP contribution is -2.29. The van der Waals surface area contributed by atoms with Gasteiger partial charge in [-0.3, -0.25) is 0 Å². The van der Waals surface area contributed by atoms with E-state index in [1.165, 1.54) is 58.7 Å². The van der Waals surface area contributed by atoms with E-state index >= 15 is 0 Å². The predicted molar refractivity (Wildman–Crippen MR) is 160 cm³/mol. The molecule has 37 heavy (non-hydrogen) atoms. The Morgan fingerprint density at radius 3 is 2.54 bits per heavy atom. The summed E-state index contributed by atoms with van der Waals surface area (Å²) >= 11 is 3.80. The molecule has 1 aliphatic heterocycles. The van der Waals surface area contributed by atoms with E-state index in [-0.39, 0.29) is 0 Å². The van der Waals surface area contributed by atoms with E-state index in [9.17, 15) is 0 Å². The molecule has 4 heteroatoms. The summed E-state index contributed by atoms with van der Waals surface area (Å²) in [4.78, 5) is 3.83. The zero-order valence-corrected chi connectivity index (χ0v) is 23.6. The minimum Gasteiger partial charge on any atom is -0.335 e. The number of allylic oxidation sites excluding steroid dienone is 4. The first kappa shape index (κ1) is 24.3. The van der Waals surface area contributed by atoms with Crippen LogP contribution in [0.2, 0.25) is 0 Å². The fourth-order valence-electron chi connectivity index (χ4n) is 5.53. The zero-order valence-electron chi connectivity index (χ0n) is 22.0. The van der Waals surface area contributed by atoms with Crippen LogP contribution in [0.3, 0.4) is 0 Å². The highest BCUT2D eigenvalue weighted by Gasteiger charge is 2.26. The first-order valence-corrected chi connectivity index (χ1v) is 14.7. The van der Waals surface area contributed by atoms with Crippen LogP contribution in [0.15, 0.2) is 100.0 Å². The van der Waals surface area contributed by atoms with Crippen molar-refractivity contribution in [1.82, 2.24) is 0 Å². The van der Waals surface area contributed by atoms with Gasteiger partial charge in [0.1, 0.15) is 11.7 Å². The van der Waals surface area contributed by atoms with Gasteiger partial charge in [0, 0.05) is 23.6 Å². The van der Waals surface area contributed by atoms with E-state index in [0.29, 0.717) is 5.92 Å². The summed E-state index contributed by atoms with van der Waals surface area (Å²) in [6.07, 6.45) is 9.45. The lowest BCUT2D eigenvalue weighted by Gasteiger charge is -2.25. The molecular formula is C33H33N2S2+. The Kier molecular flexibility index (Phi) is 6.56. The maximum atomic E-state index is 2.46. The summed E-state index contributed by atoms with van der Waals surface area (Å²) < 4.78 is 3.69. The lowest BCUT2D eigenvalue weighted by atomic mass is 9.81. The molecule has 6 rings (SSSR count). The van der Waals surface area contributed by atoms with E-state index in [2.05, 4.69) is 122 Å². The Balaban J connectivity index is 1.41. The zero-order chi connectivity index (χ0) is 25.5. The van der Waals surface area contributed by atoms with E-state index in [0.717, 1.165) is 19.4 Å². The molecule has 1 unspecified atom stereocenters. The Labute approximate surface area is 228 Å². The molecule has 2 aliphatic rings. The molecule has 4 aromatic rings. The molecule has 0 saturated carbocycles. The highest BCUT2D eigenvalue weighted by atomic mass is 32.2. The largest absolute Gasteiger partial charge is 0.335 e. The average molecular weight is 522 g/mol. The smallest absolute Gasteiger partial charge is 0.262 e. The van der Waals surface area contributed by atoms with Crippen LogP contribution in [0.5, 0.6) is 0 Å². The molecule has 1 aromatic heterocycles. The lowest BCUT2D eigenvalue weighted by molar-refractivity contribution is -0.642. The van der Waals surface area contributed by atoms with Crippen molar-refractivity contribution in [3.63, 3.8) is 0 Å². The number of hydrogen-bond acceptors (Lipinski definition) is 3. The van der Waals surface area contributed by atoms with Crippen LogP contribution >= 0.6 is 23.1 Å². The maximum absolute atomic E-state index is 2.46. The van der Waals surface area contributed by atoms with Crippen molar-refractivity contribution in [3.05, 3.63) is 117 Å². The Bertz CT molecular complexity index is 1570. The molecule has 186 valence electrons. The first-order chi connectivity index (χ1) is 18.0. The SMILES string of the molecule is CCN1C(=CC2=CC(=Cc3sc4cc(C)ccc4[n+]3C)CC(c3ccccc3)C2)Sc2cc(C)ccc21. The third kappa shape index (κ3) is 4.81. The molecule has 0 amide bonds. The van der Waals surface area contributed by atoms with Crippen LogP contribution < -0.4 is 9.47 Å². The van der Waals surface area contributed by atoms with Gasteiger partial charge >= 0.3 is 0 Å². The number of thiazole rings is 1. The summed E-state index contributed by atoms with van der Waals surface area (Å²) in [6, 6.07) is 24.6. The van der Waals surface area contributed by atoms with Crippen molar-refractivity contribution in [2.75, 3.05) is 11.4 Å². The van der Waals surface area contributed by atoms with E-state index in [4.69, 9.17) is 0 Å². The number of fused-ring (bicyclic) bond motifs is 2. The average Bonchev–Trinajstić information content (AvgIpc) is 3.39. The van der Waals surface area contributed by atoms with Gasteiger partial charge in [-0.05, 0) is 91.6 Å². The summed E-state index contributed by atoms with van der Waals surface area (Å²) in [5, 5.41) is 2.64. The quantitative estimate of drug-likeness (QED) is 0.248. The van der Waals surface area contributed by atoms with Crippen LogP contribution in [-0.4, -0.2) is 6.54 Å². The van der Waals surface area contributed by atoms with Gasteiger partial charge in [0.05, 0.1) is 10.7 Å². The van der Waals surface area contributed by atoms with Crippen molar-refractivity contribution in [2.24, 2.45) is 7.05 Å². The second kappa shape index (κ2) is 10.00. The molecule has 1 atom stereocenters. The van der Waals surface area contributed by atoms with Gasteiger partial charge in [-0.25, -0.2) is 0 Å². The number of aromatic nitrogens is 1. The fourth-order valence-corrected chi connectivity index (χ4v) is 8.06. The molecule has 0 radical (unpaired) electrons. The molecule has 0 bridgehead atoms. The van der Waals surface area contributed by atoms with Gasteiger partial charge in [-0.15, -0.1) is 0 Å². The van der Waals surface area contributed by atoms with Crippen LogP contribution in [-0.2, 0) is 7.05 Å². The Morgan fingerprint density at radius 1 is 0.946 bits per heavy atom. The van der Waals surface area contributed by atoms with Gasteiger partial charge in [0.15, 0.2) is 0 Å².